The topological polar surface area (TPSA) is 50.4 Å². The van der Waals surface area contributed by atoms with Crippen molar-refractivity contribution >= 4 is 6.09 Å². The van der Waals surface area contributed by atoms with Crippen LogP contribution >= 0.6 is 0 Å². The molecule has 0 aliphatic carbocycles. The summed E-state index contributed by atoms with van der Waals surface area (Å²) in [5.41, 5.74) is 3.36. The van der Waals surface area contributed by atoms with E-state index in [0.717, 1.165) is 0 Å². The van der Waals surface area contributed by atoms with Gasteiger partial charge in [0.05, 0.1) is 0 Å². The van der Waals surface area contributed by atoms with Gasteiger partial charge in [-0.15, -0.1) is 0 Å². The van der Waals surface area contributed by atoms with E-state index < -0.39 is 5.60 Å². The predicted molar refractivity (Wildman–Crippen MR) is 91.2 cm³/mol. The Morgan fingerprint density at radius 3 is 2.45 bits per heavy atom. The van der Waals surface area contributed by atoms with Crippen molar-refractivity contribution in [1.82, 2.24) is 10.6 Å². The van der Waals surface area contributed by atoms with E-state index in [-0.39, 0.29) is 18.2 Å². The summed E-state index contributed by atoms with van der Waals surface area (Å²) in [6.45, 7) is 14.5. The van der Waals surface area contributed by atoms with E-state index in [1.54, 1.807) is 0 Å². The van der Waals surface area contributed by atoms with E-state index in [0.29, 0.717) is 6.54 Å². The molecule has 124 valence electrons. The molecular formula is C18H30N2O2. The van der Waals surface area contributed by atoms with Crippen LogP contribution in [0.1, 0.15) is 57.4 Å². The van der Waals surface area contributed by atoms with Crippen molar-refractivity contribution in [3.8, 4) is 0 Å². The fraction of sp³-hybridized carbons (Fsp3) is 0.611. The van der Waals surface area contributed by atoms with Crippen molar-refractivity contribution in [2.75, 3.05) is 6.54 Å². The number of aryl methyl sites for hydroxylation is 2. The molecule has 0 radical (unpaired) electrons. The highest BCUT2D eigenvalue weighted by Gasteiger charge is 2.17. The quantitative estimate of drug-likeness (QED) is 0.868. The minimum Gasteiger partial charge on any atom is -0.444 e. The Labute approximate surface area is 134 Å². The molecule has 4 heteroatoms. The van der Waals surface area contributed by atoms with Crippen molar-refractivity contribution in [1.29, 1.82) is 0 Å². The lowest BCUT2D eigenvalue weighted by Crippen LogP contribution is -2.42. The largest absolute Gasteiger partial charge is 0.444 e. The third-order valence-corrected chi connectivity index (χ3v) is 3.39. The van der Waals surface area contributed by atoms with Crippen LogP contribution in [0.4, 0.5) is 4.79 Å². The second-order valence-corrected chi connectivity index (χ2v) is 7.03. The number of carbonyl (C=O) groups excluding carboxylic acids is 1. The van der Waals surface area contributed by atoms with Crippen molar-refractivity contribution < 1.29 is 9.53 Å². The smallest absolute Gasteiger partial charge is 0.407 e. The third-order valence-electron chi connectivity index (χ3n) is 3.39. The number of hydrogen-bond acceptors (Lipinski definition) is 3. The van der Waals surface area contributed by atoms with Gasteiger partial charge in [0.15, 0.2) is 0 Å². The van der Waals surface area contributed by atoms with Crippen molar-refractivity contribution in [3.63, 3.8) is 0 Å². The first-order valence-corrected chi connectivity index (χ1v) is 7.88. The maximum Gasteiger partial charge on any atom is 0.407 e. The Kier molecular flexibility index (Phi) is 6.42. The summed E-state index contributed by atoms with van der Waals surface area (Å²) in [4.78, 5) is 11.7. The molecule has 0 spiro atoms. The van der Waals surface area contributed by atoms with E-state index in [1.807, 2.05) is 20.8 Å². The number of rotatable bonds is 5. The predicted octanol–water partition coefficient (Wildman–Crippen LogP) is 3.87. The summed E-state index contributed by atoms with van der Waals surface area (Å²) in [5, 5.41) is 6.31. The molecule has 1 amide bonds. The van der Waals surface area contributed by atoms with Gasteiger partial charge in [-0.1, -0.05) is 23.8 Å². The highest BCUT2D eigenvalue weighted by molar-refractivity contribution is 5.67. The molecule has 0 heterocycles. The normalized spacial score (nSPS) is 14.3. The summed E-state index contributed by atoms with van der Waals surface area (Å²) in [5.74, 6) is 0. The number of hydrogen-bond donors (Lipinski definition) is 2. The zero-order valence-corrected chi connectivity index (χ0v) is 14.9. The van der Waals surface area contributed by atoms with Crippen molar-refractivity contribution in [2.24, 2.45) is 0 Å². The van der Waals surface area contributed by atoms with Crippen LogP contribution < -0.4 is 10.6 Å². The van der Waals surface area contributed by atoms with E-state index >= 15 is 0 Å². The van der Waals surface area contributed by atoms with Crippen LogP contribution in [-0.4, -0.2) is 24.3 Å². The van der Waals surface area contributed by atoms with E-state index in [1.165, 1.54) is 16.7 Å². The standard InChI is InChI=1S/C18H30N2O2/c1-12-8-9-13(2)16(10-12)15(4)20-14(3)11-19-17(21)22-18(5,6)7/h8-10,14-15,20H,11H2,1-7H3,(H,19,21). The number of ether oxygens (including phenoxy) is 1. The maximum absolute atomic E-state index is 11.7. The minimum atomic E-state index is -0.466. The molecule has 0 saturated carbocycles. The SMILES string of the molecule is Cc1ccc(C)c(C(C)NC(C)CNC(=O)OC(C)(C)C)c1. The van der Waals surface area contributed by atoms with Crippen LogP contribution in [0.3, 0.4) is 0 Å². The molecule has 0 aromatic heterocycles. The first-order chi connectivity index (χ1) is 10.1. The summed E-state index contributed by atoms with van der Waals surface area (Å²) >= 11 is 0. The van der Waals surface area contributed by atoms with Crippen LogP contribution in [0.2, 0.25) is 0 Å². The molecular weight excluding hydrogens is 276 g/mol. The fourth-order valence-electron chi connectivity index (χ4n) is 2.35. The summed E-state index contributed by atoms with van der Waals surface area (Å²) in [6, 6.07) is 6.87. The van der Waals surface area contributed by atoms with Gasteiger partial charge in [0.2, 0.25) is 0 Å². The first-order valence-electron chi connectivity index (χ1n) is 7.88. The molecule has 22 heavy (non-hydrogen) atoms. The monoisotopic (exact) mass is 306 g/mol. The van der Waals surface area contributed by atoms with Crippen LogP contribution in [0.15, 0.2) is 18.2 Å². The molecule has 1 aromatic carbocycles. The van der Waals surface area contributed by atoms with Gasteiger partial charge in [-0.25, -0.2) is 4.79 Å². The molecule has 0 fully saturated rings. The van der Waals surface area contributed by atoms with Gasteiger partial charge in [-0.2, -0.15) is 0 Å². The lowest BCUT2D eigenvalue weighted by molar-refractivity contribution is 0.0522. The molecule has 0 saturated heterocycles. The average Bonchev–Trinajstić information content (AvgIpc) is 2.37. The second-order valence-electron chi connectivity index (χ2n) is 7.03. The van der Waals surface area contributed by atoms with Gasteiger partial charge in [-0.3, -0.25) is 0 Å². The fourth-order valence-corrected chi connectivity index (χ4v) is 2.35. The first kappa shape index (κ1) is 18.5. The van der Waals surface area contributed by atoms with Crippen LogP contribution in [0.5, 0.6) is 0 Å². The molecule has 2 unspecified atom stereocenters. The number of amides is 1. The van der Waals surface area contributed by atoms with Gasteiger partial charge in [-0.05, 0) is 59.6 Å². The zero-order valence-electron chi connectivity index (χ0n) is 14.9. The molecule has 0 bridgehead atoms. The molecule has 1 rings (SSSR count). The van der Waals surface area contributed by atoms with E-state index in [2.05, 4.69) is 56.5 Å². The molecule has 1 aromatic rings. The van der Waals surface area contributed by atoms with Gasteiger partial charge < -0.3 is 15.4 Å². The molecule has 0 aliphatic rings. The number of alkyl carbamates (subject to hydrolysis) is 1. The van der Waals surface area contributed by atoms with Gasteiger partial charge in [0.25, 0.3) is 0 Å². The highest BCUT2D eigenvalue weighted by Crippen LogP contribution is 2.19. The third kappa shape index (κ3) is 6.48. The van der Waals surface area contributed by atoms with Crippen LogP contribution in [-0.2, 0) is 4.74 Å². The highest BCUT2D eigenvalue weighted by atomic mass is 16.6. The zero-order chi connectivity index (χ0) is 16.9. The second kappa shape index (κ2) is 7.63. The Balaban J connectivity index is 2.49. The molecule has 2 atom stereocenters. The number of carbonyl (C=O) groups is 1. The average molecular weight is 306 g/mol. The van der Waals surface area contributed by atoms with Gasteiger partial charge in [0, 0.05) is 18.6 Å². The van der Waals surface area contributed by atoms with Crippen LogP contribution in [0.25, 0.3) is 0 Å². The molecule has 2 N–H and O–H groups in total. The molecule has 0 aliphatic heterocycles. The van der Waals surface area contributed by atoms with Crippen LogP contribution in [0, 0.1) is 13.8 Å². The Morgan fingerprint density at radius 1 is 1.23 bits per heavy atom. The van der Waals surface area contributed by atoms with Crippen molar-refractivity contribution in [2.45, 2.75) is 66.2 Å². The Bertz CT molecular complexity index is 506. The van der Waals surface area contributed by atoms with Gasteiger partial charge in [0.1, 0.15) is 5.60 Å². The lowest BCUT2D eigenvalue weighted by atomic mass is 9.99. The lowest BCUT2D eigenvalue weighted by Gasteiger charge is -2.24. The Hall–Kier alpha value is -1.55. The number of nitrogens with one attached hydrogen (secondary N) is 2. The minimum absolute atomic E-state index is 0.155. The summed E-state index contributed by atoms with van der Waals surface area (Å²) < 4.78 is 5.23. The van der Waals surface area contributed by atoms with E-state index in [9.17, 15) is 4.79 Å². The van der Waals surface area contributed by atoms with E-state index in [4.69, 9.17) is 4.74 Å². The summed E-state index contributed by atoms with van der Waals surface area (Å²) in [7, 11) is 0. The Morgan fingerprint density at radius 2 is 1.86 bits per heavy atom. The number of benzene rings is 1. The van der Waals surface area contributed by atoms with Gasteiger partial charge >= 0.3 is 6.09 Å². The maximum atomic E-state index is 11.7. The van der Waals surface area contributed by atoms with Crippen molar-refractivity contribution in [3.05, 3.63) is 34.9 Å². The summed E-state index contributed by atoms with van der Waals surface area (Å²) in [6.07, 6.45) is -0.375. The molecule has 4 nitrogen and oxygen atoms in total.